The van der Waals surface area contributed by atoms with Gasteiger partial charge in [0.15, 0.2) is 6.10 Å². The molecule has 1 aromatic rings. The van der Waals surface area contributed by atoms with Crippen LogP contribution in [-0.4, -0.2) is 35.5 Å². The number of benzene rings is 1. The topological polar surface area (TPSA) is 111 Å². The summed E-state index contributed by atoms with van der Waals surface area (Å²) in [5, 5.41) is 16.9. The number of amides is 1. The molecule has 0 aliphatic heterocycles. The van der Waals surface area contributed by atoms with E-state index in [0.29, 0.717) is 12.2 Å². The van der Waals surface area contributed by atoms with Crippen LogP contribution in [0.1, 0.15) is 43.5 Å². The maximum absolute atomic E-state index is 12.1. The van der Waals surface area contributed by atoms with Crippen molar-refractivity contribution < 1.29 is 19.2 Å². The number of rotatable bonds is 8. The summed E-state index contributed by atoms with van der Waals surface area (Å²) in [4.78, 5) is 34.5. The Morgan fingerprint density at radius 2 is 2.12 bits per heavy atom. The van der Waals surface area contributed by atoms with E-state index in [1.54, 1.807) is 0 Å². The van der Waals surface area contributed by atoms with Crippen molar-refractivity contribution in [1.29, 1.82) is 0 Å². The van der Waals surface area contributed by atoms with Gasteiger partial charge in [-0.1, -0.05) is 6.92 Å². The number of ether oxygens (including phenoxy) is 1. The molecule has 0 bridgehead atoms. The Labute approximate surface area is 139 Å². The average molecular weight is 335 g/mol. The summed E-state index contributed by atoms with van der Waals surface area (Å²) >= 11 is 0. The molecule has 1 amide bonds. The van der Waals surface area contributed by atoms with Crippen LogP contribution in [0.25, 0.3) is 0 Å². The van der Waals surface area contributed by atoms with E-state index >= 15 is 0 Å². The zero-order valence-electron chi connectivity index (χ0n) is 13.7. The summed E-state index contributed by atoms with van der Waals surface area (Å²) in [5.74, 6) is -1.16. The fourth-order valence-electron chi connectivity index (χ4n) is 2.05. The van der Waals surface area contributed by atoms with Crippen LogP contribution in [0.4, 0.5) is 11.4 Å². The molecule has 1 aliphatic rings. The number of nitro benzene ring substituents is 1. The van der Waals surface area contributed by atoms with Crippen LogP contribution in [0.2, 0.25) is 0 Å². The second kappa shape index (κ2) is 7.76. The number of nitrogens with one attached hydrogen (secondary N) is 2. The monoisotopic (exact) mass is 335 g/mol. The zero-order valence-corrected chi connectivity index (χ0v) is 13.7. The van der Waals surface area contributed by atoms with Crippen LogP contribution < -0.4 is 10.6 Å². The molecule has 1 fully saturated rings. The van der Waals surface area contributed by atoms with Crippen molar-refractivity contribution in [3.8, 4) is 0 Å². The van der Waals surface area contributed by atoms with Crippen LogP contribution >= 0.6 is 0 Å². The minimum Gasteiger partial charge on any atom is -0.449 e. The molecule has 1 atom stereocenters. The number of nitrogens with zero attached hydrogens (tertiary/aromatic N) is 1. The molecule has 0 spiro atoms. The fourth-order valence-corrected chi connectivity index (χ4v) is 2.05. The lowest BCUT2D eigenvalue weighted by Crippen LogP contribution is -2.36. The molecular weight excluding hydrogens is 314 g/mol. The van der Waals surface area contributed by atoms with Gasteiger partial charge in [-0.3, -0.25) is 14.9 Å². The van der Waals surface area contributed by atoms with Crippen LogP contribution in [0.3, 0.4) is 0 Å². The Kier molecular flexibility index (Phi) is 5.73. The third-order valence-corrected chi connectivity index (χ3v) is 3.57. The predicted octanol–water partition coefficient (Wildman–Crippen LogP) is 2.24. The number of anilines is 1. The molecule has 8 heteroatoms. The van der Waals surface area contributed by atoms with Gasteiger partial charge >= 0.3 is 5.97 Å². The number of nitro groups is 1. The van der Waals surface area contributed by atoms with Crippen molar-refractivity contribution in [2.24, 2.45) is 0 Å². The Bertz CT molecular complexity index is 643. The zero-order chi connectivity index (χ0) is 17.7. The van der Waals surface area contributed by atoms with Gasteiger partial charge in [-0.2, -0.15) is 0 Å². The highest BCUT2D eigenvalue weighted by atomic mass is 16.6. The quantitative estimate of drug-likeness (QED) is 0.428. The van der Waals surface area contributed by atoms with Gasteiger partial charge in [0.1, 0.15) is 5.69 Å². The van der Waals surface area contributed by atoms with E-state index < -0.39 is 22.9 Å². The van der Waals surface area contributed by atoms with E-state index in [9.17, 15) is 19.7 Å². The number of carbonyl (C=O) groups is 2. The van der Waals surface area contributed by atoms with Gasteiger partial charge in [-0.25, -0.2) is 4.79 Å². The fraction of sp³-hybridized carbons (Fsp3) is 0.500. The molecule has 2 rings (SSSR count). The number of hydrogen-bond donors (Lipinski definition) is 2. The normalized spacial score (nSPS) is 14.6. The van der Waals surface area contributed by atoms with Crippen molar-refractivity contribution in [2.75, 3.05) is 11.9 Å². The second-order valence-electron chi connectivity index (χ2n) is 5.75. The lowest BCUT2D eigenvalue weighted by atomic mass is 10.1. The molecular formula is C16H21N3O5. The molecule has 1 unspecified atom stereocenters. The van der Waals surface area contributed by atoms with Crippen molar-refractivity contribution >= 4 is 23.3 Å². The molecule has 1 saturated carbocycles. The van der Waals surface area contributed by atoms with E-state index in [2.05, 4.69) is 10.6 Å². The van der Waals surface area contributed by atoms with Crippen molar-refractivity contribution in [3.63, 3.8) is 0 Å². The van der Waals surface area contributed by atoms with E-state index in [1.807, 2.05) is 6.92 Å². The van der Waals surface area contributed by atoms with Gasteiger partial charge in [-0.15, -0.1) is 0 Å². The summed E-state index contributed by atoms with van der Waals surface area (Å²) in [6, 6.07) is 4.37. The highest BCUT2D eigenvalue weighted by Gasteiger charge is 2.26. The Balaban J connectivity index is 2.07. The highest BCUT2D eigenvalue weighted by molar-refractivity contribution is 5.93. The van der Waals surface area contributed by atoms with Crippen LogP contribution in [0.5, 0.6) is 0 Å². The molecule has 130 valence electrons. The third kappa shape index (κ3) is 4.68. The number of esters is 1. The molecule has 24 heavy (non-hydrogen) atoms. The smallest absolute Gasteiger partial charge is 0.339 e. The van der Waals surface area contributed by atoms with Crippen LogP contribution in [0.15, 0.2) is 18.2 Å². The van der Waals surface area contributed by atoms with E-state index in [0.717, 1.165) is 19.3 Å². The first-order valence-corrected chi connectivity index (χ1v) is 7.96. The van der Waals surface area contributed by atoms with E-state index in [1.165, 1.54) is 25.1 Å². The summed E-state index contributed by atoms with van der Waals surface area (Å²) in [5.41, 5.74) is 0.241. The lowest BCUT2D eigenvalue weighted by Gasteiger charge is -2.13. The maximum atomic E-state index is 12.1. The Morgan fingerprint density at radius 1 is 1.42 bits per heavy atom. The Morgan fingerprint density at radius 3 is 2.71 bits per heavy atom. The molecule has 0 radical (unpaired) electrons. The lowest BCUT2D eigenvalue weighted by molar-refractivity contribution is -0.384. The summed E-state index contributed by atoms with van der Waals surface area (Å²) < 4.78 is 5.07. The van der Waals surface area contributed by atoms with Crippen LogP contribution in [0, 0.1) is 10.1 Å². The number of hydrogen-bond acceptors (Lipinski definition) is 6. The number of carbonyl (C=O) groups excluding carboxylic acids is 2. The molecule has 2 N–H and O–H groups in total. The van der Waals surface area contributed by atoms with Crippen LogP contribution in [-0.2, 0) is 9.53 Å². The first kappa shape index (κ1) is 17.7. The van der Waals surface area contributed by atoms with Gasteiger partial charge in [0.25, 0.3) is 11.6 Å². The second-order valence-corrected chi connectivity index (χ2v) is 5.75. The molecule has 0 aromatic heterocycles. The largest absolute Gasteiger partial charge is 0.449 e. The first-order valence-electron chi connectivity index (χ1n) is 7.96. The Hall–Kier alpha value is -2.64. The van der Waals surface area contributed by atoms with Crippen molar-refractivity contribution in [3.05, 3.63) is 33.9 Å². The molecule has 1 aliphatic carbocycles. The summed E-state index contributed by atoms with van der Waals surface area (Å²) in [6.45, 7) is 3.86. The third-order valence-electron chi connectivity index (χ3n) is 3.57. The SMILES string of the molecule is CCCNC(=O)C(C)OC(=O)c1ccc(NC2CC2)c([N+](=O)[O-])c1. The van der Waals surface area contributed by atoms with Crippen molar-refractivity contribution in [1.82, 2.24) is 5.32 Å². The average Bonchev–Trinajstić information content (AvgIpc) is 3.36. The minimum absolute atomic E-state index is 0.0400. The summed E-state index contributed by atoms with van der Waals surface area (Å²) in [7, 11) is 0. The molecule has 0 saturated heterocycles. The van der Waals surface area contributed by atoms with E-state index in [-0.39, 0.29) is 17.3 Å². The first-order chi connectivity index (χ1) is 11.4. The molecule has 1 aromatic carbocycles. The van der Waals surface area contributed by atoms with E-state index in [4.69, 9.17) is 4.74 Å². The molecule has 0 heterocycles. The van der Waals surface area contributed by atoms with Gasteiger partial charge in [0.2, 0.25) is 0 Å². The highest BCUT2D eigenvalue weighted by Crippen LogP contribution is 2.31. The molecule has 8 nitrogen and oxygen atoms in total. The maximum Gasteiger partial charge on any atom is 0.339 e. The van der Waals surface area contributed by atoms with Gasteiger partial charge in [0.05, 0.1) is 10.5 Å². The van der Waals surface area contributed by atoms with Crippen molar-refractivity contribution in [2.45, 2.75) is 45.3 Å². The minimum atomic E-state index is -0.965. The van der Waals surface area contributed by atoms with Gasteiger partial charge in [-0.05, 0) is 38.3 Å². The predicted molar refractivity (Wildman–Crippen MR) is 87.9 cm³/mol. The standard InChI is InChI=1S/C16H21N3O5/c1-3-8-17-15(20)10(2)24-16(21)11-4-7-13(18-12-5-6-12)14(9-11)19(22)23/h4,7,9-10,12,18H,3,5-6,8H2,1-2H3,(H,17,20). The van der Waals surface area contributed by atoms with Gasteiger partial charge < -0.3 is 15.4 Å². The van der Waals surface area contributed by atoms with Gasteiger partial charge in [0, 0.05) is 18.7 Å². The summed E-state index contributed by atoms with van der Waals surface area (Å²) in [6.07, 6.45) is 1.76.